The molecule has 2 aromatic rings. The van der Waals surface area contributed by atoms with Crippen LogP contribution in [0.1, 0.15) is 53.2 Å². The molecule has 0 atom stereocenters. The summed E-state index contributed by atoms with van der Waals surface area (Å²) >= 11 is 0. The first-order chi connectivity index (χ1) is 12.5. The number of hydrogen-bond donors (Lipinski definition) is 1. The van der Waals surface area contributed by atoms with Crippen molar-refractivity contribution in [2.45, 2.75) is 39.7 Å². The van der Waals surface area contributed by atoms with Gasteiger partial charge in [0.15, 0.2) is 0 Å². The zero-order valence-electron chi connectivity index (χ0n) is 15.2. The van der Waals surface area contributed by atoms with Gasteiger partial charge in [0, 0.05) is 6.54 Å². The van der Waals surface area contributed by atoms with Gasteiger partial charge in [-0.3, -0.25) is 14.2 Å². The smallest absolute Gasteiger partial charge is 0.271 e. The largest absolute Gasteiger partial charge is 0.496 e. The van der Waals surface area contributed by atoms with Gasteiger partial charge in [-0.25, -0.2) is 0 Å². The van der Waals surface area contributed by atoms with Crippen molar-refractivity contribution in [3.8, 4) is 17.7 Å². The fourth-order valence-corrected chi connectivity index (χ4v) is 2.92. The lowest BCUT2D eigenvalue weighted by Crippen LogP contribution is -2.27. The van der Waals surface area contributed by atoms with Gasteiger partial charge in [0.25, 0.3) is 5.56 Å². The van der Waals surface area contributed by atoms with E-state index in [9.17, 15) is 20.0 Å². The van der Waals surface area contributed by atoms with Gasteiger partial charge in [-0.1, -0.05) is 31.9 Å². The number of hydrogen-bond acceptors (Lipinski definition) is 5. The number of nitriles is 1. The molecular formula is C20H22N2O4. The van der Waals surface area contributed by atoms with E-state index in [1.807, 2.05) is 13.0 Å². The van der Waals surface area contributed by atoms with E-state index >= 15 is 0 Å². The maximum Gasteiger partial charge on any atom is 0.271 e. The lowest BCUT2D eigenvalue weighted by molar-refractivity contribution is 0.103. The third-order valence-corrected chi connectivity index (χ3v) is 4.36. The molecule has 0 amide bonds. The van der Waals surface area contributed by atoms with Crippen LogP contribution in [0.4, 0.5) is 0 Å². The van der Waals surface area contributed by atoms with Gasteiger partial charge in [0.1, 0.15) is 17.4 Å². The highest BCUT2D eigenvalue weighted by molar-refractivity contribution is 6.13. The van der Waals surface area contributed by atoms with Crippen molar-refractivity contribution < 1.29 is 14.6 Å². The fourth-order valence-electron chi connectivity index (χ4n) is 2.92. The zero-order chi connectivity index (χ0) is 19.3. The molecule has 2 rings (SSSR count). The minimum absolute atomic E-state index is 0.0397. The van der Waals surface area contributed by atoms with Crippen molar-refractivity contribution >= 4 is 5.78 Å². The molecule has 6 heteroatoms. The third kappa shape index (κ3) is 3.47. The molecule has 1 aromatic carbocycles. The average Bonchev–Trinajstić information content (AvgIpc) is 2.64. The van der Waals surface area contributed by atoms with Gasteiger partial charge in [0.05, 0.1) is 18.2 Å². The number of para-hydroxylation sites is 1. The van der Waals surface area contributed by atoms with Crippen LogP contribution in [0.2, 0.25) is 0 Å². The number of ketones is 1. The van der Waals surface area contributed by atoms with Crippen LogP contribution in [0.15, 0.2) is 29.1 Å². The van der Waals surface area contributed by atoms with Crippen LogP contribution in [0, 0.1) is 18.3 Å². The van der Waals surface area contributed by atoms with Crippen LogP contribution in [-0.2, 0) is 6.54 Å². The van der Waals surface area contributed by atoms with Crippen molar-refractivity contribution in [2.24, 2.45) is 0 Å². The summed E-state index contributed by atoms with van der Waals surface area (Å²) in [5.41, 5.74) is -0.302. The Labute approximate surface area is 152 Å². The number of pyridine rings is 1. The molecule has 0 saturated heterocycles. The molecule has 0 radical (unpaired) electrons. The zero-order valence-corrected chi connectivity index (χ0v) is 15.2. The average molecular weight is 354 g/mol. The van der Waals surface area contributed by atoms with Crippen molar-refractivity contribution in [2.75, 3.05) is 7.11 Å². The normalized spacial score (nSPS) is 10.4. The highest BCUT2D eigenvalue weighted by atomic mass is 16.5. The third-order valence-electron chi connectivity index (χ3n) is 4.36. The van der Waals surface area contributed by atoms with Crippen LogP contribution in [0.25, 0.3) is 0 Å². The second kappa shape index (κ2) is 8.34. The first-order valence-corrected chi connectivity index (χ1v) is 8.52. The molecule has 1 heterocycles. The van der Waals surface area contributed by atoms with E-state index in [2.05, 4.69) is 0 Å². The van der Waals surface area contributed by atoms with Gasteiger partial charge in [-0.2, -0.15) is 5.26 Å². The van der Waals surface area contributed by atoms with Crippen molar-refractivity contribution in [1.82, 2.24) is 4.57 Å². The van der Waals surface area contributed by atoms with Crippen molar-refractivity contribution in [3.05, 3.63) is 56.9 Å². The van der Waals surface area contributed by atoms with E-state index in [1.165, 1.54) is 14.0 Å². The summed E-state index contributed by atoms with van der Waals surface area (Å²) in [6.07, 6.45) is 2.48. The molecule has 0 unspecified atom stereocenters. The number of aromatic nitrogens is 1. The number of carbonyl (C=O) groups excluding carboxylic acids is 1. The van der Waals surface area contributed by atoms with Gasteiger partial charge in [-0.15, -0.1) is 0 Å². The predicted octanol–water partition coefficient (Wildman–Crippen LogP) is 3.16. The molecule has 26 heavy (non-hydrogen) atoms. The van der Waals surface area contributed by atoms with Crippen LogP contribution >= 0.6 is 0 Å². The number of rotatable bonds is 7. The molecule has 0 spiro atoms. The Balaban J connectivity index is 2.68. The maximum atomic E-state index is 13.1. The highest BCUT2D eigenvalue weighted by Gasteiger charge is 2.26. The number of ether oxygens (including phenoxy) is 1. The van der Waals surface area contributed by atoms with Crippen molar-refractivity contribution in [1.29, 1.82) is 5.26 Å². The molecule has 0 aliphatic rings. The lowest BCUT2D eigenvalue weighted by atomic mass is 9.96. The fraction of sp³-hybridized carbons (Fsp3) is 0.350. The molecule has 0 fully saturated rings. The molecule has 6 nitrogen and oxygen atoms in total. The Morgan fingerprint density at radius 2 is 2.00 bits per heavy atom. The summed E-state index contributed by atoms with van der Waals surface area (Å²) in [7, 11) is 1.45. The van der Waals surface area contributed by atoms with Crippen LogP contribution in [0.5, 0.6) is 11.6 Å². The van der Waals surface area contributed by atoms with Crippen LogP contribution < -0.4 is 10.3 Å². The lowest BCUT2D eigenvalue weighted by Gasteiger charge is -2.16. The monoisotopic (exact) mass is 354 g/mol. The van der Waals surface area contributed by atoms with E-state index in [0.29, 0.717) is 12.2 Å². The topological polar surface area (TPSA) is 92.3 Å². The molecule has 0 aliphatic heterocycles. The Hall–Kier alpha value is -3.07. The molecule has 0 saturated carbocycles. The number of methoxy groups -OCH3 is 1. The molecule has 0 bridgehead atoms. The SMILES string of the molecule is CCCCCn1c(O)c(C(=O)c2ccccc2OC)c(C)c(C#N)c1=O. The number of unbranched alkanes of at least 4 members (excludes halogenated alkanes) is 2. The quantitative estimate of drug-likeness (QED) is 0.609. The van der Waals surface area contributed by atoms with E-state index < -0.39 is 17.2 Å². The Bertz CT molecular complexity index is 923. The summed E-state index contributed by atoms with van der Waals surface area (Å²) in [6, 6.07) is 8.51. The minimum Gasteiger partial charge on any atom is -0.496 e. The van der Waals surface area contributed by atoms with Crippen LogP contribution in [0.3, 0.4) is 0 Å². The van der Waals surface area contributed by atoms with Gasteiger partial charge in [0.2, 0.25) is 11.7 Å². The molecule has 0 aliphatic carbocycles. The Kier molecular flexibility index (Phi) is 6.18. The summed E-state index contributed by atoms with van der Waals surface area (Å²) < 4.78 is 6.34. The van der Waals surface area contributed by atoms with E-state index in [-0.39, 0.29) is 28.8 Å². The Morgan fingerprint density at radius 3 is 2.62 bits per heavy atom. The maximum absolute atomic E-state index is 13.1. The molecule has 1 aromatic heterocycles. The standard InChI is InChI=1S/C20H22N2O4/c1-4-5-8-11-22-19(24)15(12-21)13(2)17(20(22)25)18(23)14-9-6-7-10-16(14)26-3/h6-7,9-10,25H,4-5,8,11H2,1-3H3. The highest BCUT2D eigenvalue weighted by Crippen LogP contribution is 2.28. The second-order valence-electron chi connectivity index (χ2n) is 6.00. The minimum atomic E-state index is -0.574. The summed E-state index contributed by atoms with van der Waals surface area (Å²) in [5, 5.41) is 20.0. The first-order valence-electron chi connectivity index (χ1n) is 8.52. The van der Waals surface area contributed by atoms with Gasteiger partial charge in [-0.05, 0) is 31.0 Å². The molecule has 136 valence electrons. The molecular weight excluding hydrogens is 332 g/mol. The van der Waals surface area contributed by atoms with E-state index in [4.69, 9.17) is 4.74 Å². The summed E-state index contributed by atoms with van der Waals surface area (Å²) in [4.78, 5) is 25.6. The van der Waals surface area contributed by atoms with Crippen LogP contribution in [-0.4, -0.2) is 22.6 Å². The number of benzene rings is 1. The number of nitrogens with zero attached hydrogens (tertiary/aromatic N) is 2. The number of carbonyl (C=O) groups is 1. The summed E-state index contributed by atoms with van der Waals surface area (Å²) in [5.74, 6) is -0.532. The van der Waals surface area contributed by atoms with E-state index in [1.54, 1.807) is 24.3 Å². The predicted molar refractivity (Wildman–Crippen MR) is 97.8 cm³/mol. The first kappa shape index (κ1) is 19.3. The summed E-state index contributed by atoms with van der Waals surface area (Å²) in [6.45, 7) is 3.77. The number of aromatic hydroxyl groups is 1. The van der Waals surface area contributed by atoms with E-state index in [0.717, 1.165) is 17.4 Å². The van der Waals surface area contributed by atoms with Gasteiger partial charge >= 0.3 is 0 Å². The Morgan fingerprint density at radius 1 is 1.31 bits per heavy atom. The molecule has 1 N–H and O–H groups in total. The second-order valence-corrected chi connectivity index (χ2v) is 6.00. The van der Waals surface area contributed by atoms with Crippen molar-refractivity contribution in [3.63, 3.8) is 0 Å². The van der Waals surface area contributed by atoms with Gasteiger partial charge < -0.3 is 9.84 Å².